The van der Waals surface area contributed by atoms with Gasteiger partial charge in [-0.2, -0.15) is 0 Å². The smallest absolute Gasteiger partial charge is 0.224 e. The molecule has 33 heavy (non-hydrogen) atoms. The van der Waals surface area contributed by atoms with Gasteiger partial charge in [0.15, 0.2) is 10.9 Å². The summed E-state index contributed by atoms with van der Waals surface area (Å²) in [6.45, 7) is 7.15. The second-order valence-electron chi connectivity index (χ2n) is 7.83. The van der Waals surface area contributed by atoms with E-state index in [0.29, 0.717) is 22.3 Å². The van der Waals surface area contributed by atoms with E-state index in [-0.39, 0.29) is 11.9 Å². The zero-order chi connectivity index (χ0) is 22.8. The lowest BCUT2D eigenvalue weighted by atomic mass is 10.2. The van der Waals surface area contributed by atoms with Gasteiger partial charge in [0.05, 0.1) is 17.0 Å². The molecule has 0 radical (unpaired) electrons. The van der Waals surface area contributed by atoms with E-state index >= 15 is 0 Å². The topological polar surface area (TPSA) is 96.6 Å². The third-order valence-corrected chi connectivity index (χ3v) is 6.58. The molecule has 0 spiro atoms. The third kappa shape index (κ3) is 4.67. The van der Waals surface area contributed by atoms with Crippen molar-refractivity contribution in [3.05, 3.63) is 54.7 Å². The maximum Gasteiger partial charge on any atom is 0.224 e. The number of fused-ring (bicyclic) bond motifs is 1. The number of aromatic nitrogens is 3. The van der Waals surface area contributed by atoms with E-state index in [2.05, 4.69) is 37.0 Å². The number of rotatable bonds is 6. The van der Waals surface area contributed by atoms with Crippen LogP contribution in [0.4, 0.5) is 10.9 Å². The first kappa shape index (κ1) is 21.4. The number of carbonyl (C=O) groups is 1. The van der Waals surface area contributed by atoms with Gasteiger partial charge in [-0.3, -0.25) is 9.69 Å². The van der Waals surface area contributed by atoms with E-state index in [4.69, 9.17) is 9.15 Å². The number of ether oxygens (including phenoxy) is 1. The van der Waals surface area contributed by atoms with Crippen LogP contribution in [0.25, 0.3) is 10.2 Å². The molecule has 1 saturated heterocycles. The van der Waals surface area contributed by atoms with Crippen LogP contribution in [0.15, 0.2) is 53.4 Å². The van der Waals surface area contributed by atoms with E-state index in [9.17, 15) is 4.79 Å². The Kier molecular flexibility index (Phi) is 5.93. The van der Waals surface area contributed by atoms with Crippen LogP contribution in [0.5, 0.6) is 11.6 Å². The zero-order valence-corrected chi connectivity index (χ0v) is 19.2. The number of hydrogen-bond acceptors (Lipinski definition) is 9. The first-order valence-corrected chi connectivity index (χ1v) is 11.6. The minimum atomic E-state index is -0.157. The average Bonchev–Trinajstić information content (AvgIpc) is 3.49. The molecule has 1 aliphatic rings. The summed E-state index contributed by atoms with van der Waals surface area (Å²) in [5.41, 5.74) is 0.687. The molecule has 0 aliphatic carbocycles. The molecule has 0 bridgehead atoms. The Balaban J connectivity index is 1.28. The first-order valence-electron chi connectivity index (χ1n) is 10.8. The quantitative estimate of drug-likeness (QED) is 0.451. The van der Waals surface area contributed by atoms with E-state index in [1.807, 2.05) is 36.4 Å². The molecular formula is C23H24N6O3S. The molecule has 10 heteroatoms. The molecule has 4 heterocycles. The molecule has 0 saturated carbocycles. The molecule has 170 valence electrons. The van der Waals surface area contributed by atoms with Crippen LogP contribution in [0.1, 0.15) is 25.6 Å². The van der Waals surface area contributed by atoms with Gasteiger partial charge >= 0.3 is 0 Å². The standard InChI is InChI=1S/C23H24N6O3S/c1-15(17-6-4-12-31-17)28-8-10-29(11-9-28)20-13-21(25-14-24-20)32-18-5-3-7-19-22(18)27-23(33-19)26-16(2)30/h3-7,12-15H,8-11H2,1-2H3,(H,26,27,30). The number of thiazole rings is 1. The summed E-state index contributed by atoms with van der Waals surface area (Å²) < 4.78 is 12.6. The first-order chi connectivity index (χ1) is 16.1. The Labute approximate surface area is 195 Å². The van der Waals surface area contributed by atoms with Crippen molar-refractivity contribution in [2.24, 2.45) is 0 Å². The van der Waals surface area contributed by atoms with Gasteiger partial charge in [-0.05, 0) is 31.2 Å². The van der Waals surface area contributed by atoms with Crippen LogP contribution in [0.2, 0.25) is 0 Å². The second-order valence-corrected chi connectivity index (χ2v) is 8.86. The van der Waals surface area contributed by atoms with Crippen LogP contribution in [0, 0.1) is 0 Å². The molecule has 1 aromatic carbocycles. The summed E-state index contributed by atoms with van der Waals surface area (Å²) >= 11 is 1.40. The SMILES string of the molecule is CC(=O)Nc1nc2c(Oc3cc(N4CCN(C(C)c5ccco5)CC4)ncn3)cccc2s1. The van der Waals surface area contributed by atoms with Gasteiger partial charge in [-0.15, -0.1) is 0 Å². The molecule has 5 rings (SSSR count). The lowest BCUT2D eigenvalue weighted by Gasteiger charge is -2.37. The summed E-state index contributed by atoms with van der Waals surface area (Å²) in [5, 5.41) is 3.27. The minimum absolute atomic E-state index is 0.157. The van der Waals surface area contributed by atoms with Gasteiger partial charge in [-0.1, -0.05) is 17.4 Å². The van der Waals surface area contributed by atoms with Crippen LogP contribution < -0.4 is 15.0 Å². The number of hydrogen-bond donors (Lipinski definition) is 1. The van der Waals surface area contributed by atoms with Gasteiger partial charge in [0, 0.05) is 39.2 Å². The van der Waals surface area contributed by atoms with E-state index < -0.39 is 0 Å². The fourth-order valence-corrected chi connectivity index (χ4v) is 4.86. The number of carbonyl (C=O) groups excluding carboxylic acids is 1. The highest BCUT2D eigenvalue weighted by molar-refractivity contribution is 7.22. The number of nitrogens with zero attached hydrogens (tertiary/aromatic N) is 5. The van der Waals surface area contributed by atoms with Crippen molar-refractivity contribution in [3.63, 3.8) is 0 Å². The van der Waals surface area contributed by atoms with Crippen molar-refractivity contribution >= 4 is 38.4 Å². The minimum Gasteiger partial charge on any atom is -0.468 e. The van der Waals surface area contributed by atoms with Crippen molar-refractivity contribution < 1.29 is 13.9 Å². The van der Waals surface area contributed by atoms with Gasteiger partial charge < -0.3 is 19.4 Å². The van der Waals surface area contributed by atoms with Crippen molar-refractivity contribution in [1.29, 1.82) is 0 Å². The molecule has 1 unspecified atom stereocenters. The summed E-state index contributed by atoms with van der Waals surface area (Å²) in [6, 6.07) is 11.7. The molecule has 1 amide bonds. The van der Waals surface area contributed by atoms with E-state index in [1.165, 1.54) is 24.6 Å². The Morgan fingerprint density at radius 1 is 1.18 bits per heavy atom. The van der Waals surface area contributed by atoms with Crippen molar-refractivity contribution in [2.75, 3.05) is 36.4 Å². The van der Waals surface area contributed by atoms with Gasteiger partial charge in [0.2, 0.25) is 11.8 Å². The van der Waals surface area contributed by atoms with Gasteiger partial charge in [0.25, 0.3) is 0 Å². The highest BCUT2D eigenvalue weighted by atomic mass is 32.1. The zero-order valence-electron chi connectivity index (χ0n) is 18.4. The maximum absolute atomic E-state index is 11.4. The highest BCUT2D eigenvalue weighted by Gasteiger charge is 2.24. The largest absolute Gasteiger partial charge is 0.468 e. The van der Waals surface area contributed by atoms with Gasteiger partial charge in [0.1, 0.15) is 23.4 Å². The summed E-state index contributed by atoms with van der Waals surface area (Å²) in [6.07, 6.45) is 3.24. The van der Waals surface area contributed by atoms with E-state index in [0.717, 1.165) is 42.5 Å². The summed E-state index contributed by atoms with van der Waals surface area (Å²) in [4.78, 5) is 29.3. The third-order valence-electron chi connectivity index (χ3n) is 5.65. The van der Waals surface area contributed by atoms with Crippen molar-refractivity contribution in [3.8, 4) is 11.6 Å². The van der Waals surface area contributed by atoms with Crippen LogP contribution in [-0.4, -0.2) is 51.9 Å². The maximum atomic E-state index is 11.4. The molecule has 9 nitrogen and oxygen atoms in total. The predicted octanol–water partition coefficient (Wildman–Crippen LogP) is 4.31. The number of amides is 1. The molecule has 4 aromatic rings. The number of piperazine rings is 1. The molecule has 3 aromatic heterocycles. The number of anilines is 2. The Morgan fingerprint density at radius 3 is 2.79 bits per heavy atom. The number of furan rings is 1. The number of para-hydroxylation sites is 1. The highest BCUT2D eigenvalue weighted by Crippen LogP contribution is 2.34. The molecule has 1 N–H and O–H groups in total. The Hall–Kier alpha value is -3.50. The normalized spacial score (nSPS) is 15.5. The molecular weight excluding hydrogens is 440 g/mol. The lowest BCUT2D eigenvalue weighted by Crippen LogP contribution is -2.47. The van der Waals surface area contributed by atoms with Gasteiger partial charge in [-0.25, -0.2) is 15.0 Å². The van der Waals surface area contributed by atoms with Crippen LogP contribution in [0.3, 0.4) is 0 Å². The summed E-state index contributed by atoms with van der Waals surface area (Å²) in [7, 11) is 0. The lowest BCUT2D eigenvalue weighted by molar-refractivity contribution is -0.114. The Bertz CT molecular complexity index is 1250. The van der Waals surface area contributed by atoms with Crippen molar-refractivity contribution in [1.82, 2.24) is 19.9 Å². The Morgan fingerprint density at radius 2 is 2.03 bits per heavy atom. The number of benzene rings is 1. The fraction of sp³-hybridized carbons (Fsp3) is 0.304. The molecule has 1 fully saturated rings. The van der Waals surface area contributed by atoms with E-state index in [1.54, 1.807) is 6.26 Å². The molecule has 1 atom stereocenters. The molecule has 1 aliphatic heterocycles. The predicted molar refractivity (Wildman–Crippen MR) is 127 cm³/mol. The second kappa shape index (κ2) is 9.16. The van der Waals surface area contributed by atoms with Crippen LogP contribution >= 0.6 is 11.3 Å². The van der Waals surface area contributed by atoms with Crippen molar-refractivity contribution in [2.45, 2.75) is 19.9 Å². The monoisotopic (exact) mass is 464 g/mol. The summed E-state index contributed by atoms with van der Waals surface area (Å²) in [5.74, 6) is 2.69. The number of nitrogens with one attached hydrogen (secondary N) is 1. The van der Waals surface area contributed by atoms with Crippen LogP contribution in [-0.2, 0) is 4.79 Å². The fourth-order valence-electron chi connectivity index (χ4n) is 3.93. The average molecular weight is 465 g/mol.